The smallest absolute Gasteiger partial charge is 0.421 e. The summed E-state index contributed by atoms with van der Waals surface area (Å²) in [6.07, 6.45) is 2.23. The van der Waals surface area contributed by atoms with Crippen LogP contribution in [0.2, 0.25) is 0 Å². The number of pyridine rings is 2. The molecular formula is C32H33F4N3O4. The molecule has 1 saturated carbocycles. The predicted octanol–water partition coefficient (Wildman–Crippen LogP) is 7.84. The van der Waals surface area contributed by atoms with Gasteiger partial charge >= 0.3 is 12.1 Å². The Morgan fingerprint density at radius 1 is 1.07 bits per heavy atom. The monoisotopic (exact) mass is 599 g/mol. The van der Waals surface area contributed by atoms with E-state index in [2.05, 4.69) is 23.5 Å². The Bertz CT molecular complexity index is 1500. The SMILES string of the molecule is C=C(c1cccnc1)c1cnc(Oc2cc(C(=O)OC)c(N(C(=O)[C@H]3CC[C@H](C)CC3)C(C)C)cc2F)c(C(F)(F)F)c1. The van der Waals surface area contributed by atoms with Gasteiger partial charge in [-0.05, 0) is 63.2 Å². The number of anilines is 1. The zero-order valence-corrected chi connectivity index (χ0v) is 24.4. The Balaban J connectivity index is 1.74. The second kappa shape index (κ2) is 12.9. The van der Waals surface area contributed by atoms with E-state index in [0.717, 1.165) is 44.3 Å². The molecule has 1 aliphatic rings. The number of benzene rings is 1. The topological polar surface area (TPSA) is 81.6 Å². The molecule has 11 heteroatoms. The number of nitrogens with zero attached hydrogens (tertiary/aromatic N) is 3. The molecule has 1 fully saturated rings. The number of hydrogen-bond acceptors (Lipinski definition) is 6. The van der Waals surface area contributed by atoms with Crippen molar-refractivity contribution in [3.8, 4) is 11.6 Å². The van der Waals surface area contributed by atoms with Crippen LogP contribution in [0.1, 0.15) is 73.5 Å². The number of aromatic nitrogens is 2. The maximum absolute atomic E-state index is 15.6. The summed E-state index contributed by atoms with van der Waals surface area (Å²) in [6.45, 7) is 9.42. The van der Waals surface area contributed by atoms with Crippen LogP contribution in [-0.2, 0) is 15.7 Å². The van der Waals surface area contributed by atoms with Gasteiger partial charge in [-0.1, -0.05) is 19.6 Å². The fourth-order valence-corrected chi connectivity index (χ4v) is 5.16. The Morgan fingerprint density at radius 2 is 1.77 bits per heavy atom. The van der Waals surface area contributed by atoms with Gasteiger partial charge in [0.25, 0.3) is 0 Å². The van der Waals surface area contributed by atoms with Crippen molar-refractivity contribution in [2.75, 3.05) is 12.0 Å². The lowest BCUT2D eigenvalue weighted by Gasteiger charge is -2.34. The highest BCUT2D eigenvalue weighted by Crippen LogP contribution is 2.41. The zero-order chi connectivity index (χ0) is 31.5. The molecule has 2 heterocycles. The third-order valence-electron chi connectivity index (χ3n) is 7.56. The highest BCUT2D eigenvalue weighted by Gasteiger charge is 2.37. The molecule has 1 aliphatic carbocycles. The molecule has 43 heavy (non-hydrogen) atoms. The van der Waals surface area contributed by atoms with Crippen molar-refractivity contribution >= 4 is 23.1 Å². The second-order valence-electron chi connectivity index (χ2n) is 10.9. The van der Waals surface area contributed by atoms with Crippen LogP contribution in [0.3, 0.4) is 0 Å². The number of esters is 1. The molecule has 0 atom stereocenters. The van der Waals surface area contributed by atoms with Crippen molar-refractivity contribution in [2.24, 2.45) is 11.8 Å². The van der Waals surface area contributed by atoms with Gasteiger partial charge in [-0.25, -0.2) is 14.2 Å². The number of carbonyl (C=O) groups is 2. The predicted molar refractivity (Wildman–Crippen MR) is 153 cm³/mol. The van der Waals surface area contributed by atoms with E-state index in [9.17, 15) is 22.8 Å². The maximum Gasteiger partial charge on any atom is 0.421 e. The first-order valence-electron chi connectivity index (χ1n) is 13.9. The summed E-state index contributed by atoms with van der Waals surface area (Å²) in [5.74, 6) is -3.69. The molecule has 1 aromatic carbocycles. The van der Waals surface area contributed by atoms with Crippen LogP contribution in [0.15, 0.2) is 55.5 Å². The molecule has 228 valence electrons. The molecule has 0 spiro atoms. The van der Waals surface area contributed by atoms with Crippen molar-refractivity contribution < 1.29 is 36.6 Å². The third-order valence-corrected chi connectivity index (χ3v) is 7.56. The molecular weight excluding hydrogens is 566 g/mol. The Kier molecular flexibility index (Phi) is 9.52. The van der Waals surface area contributed by atoms with Crippen LogP contribution in [0.4, 0.5) is 23.2 Å². The van der Waals surface area contributed by atoms with E-state index >= 15 is 4.39 Å². The van der Waals surface area contributed by atoms with E-state index in [1.807, 2.05) is 0 Å². The first-order valence-corrected chi connectivity index (χ1v) is 13.9. The van der Waals surface area contributed by atoms with Gasteiger partial charge in [0.05, 0.1) is 18.4 Å². The van der Waals surface area contributed by atoms with E-state index in [0.29, 0.717) is 24.3 Å². The van der Waals surface area contributed by atoms with Crippen molar-refractivity contribution in [3.63, 3.8) is 0 Å². The second-order valence-corrected chi connectivity index (χ2v) is 10.9. The van der Waals surface area contributed by atoms with Gasteiger partial charge in [0.2, 0.25) is 11.8 Å². The number of alkyl halides is 3. The Morgan fingerprint density at radius 3 is 2.35 bits per heavy atom. The normalized spacial score (nSPS) is 17.0. The number of carbonyl (C=O) groups excluding carboxylic acids is 2. The molecule has 7 nitrogen and oxygen atoms in total. The molecule has 0 aliphatic heterocycles. The maximum atomic E-state index is 15.6. The van der Waals surface area contributed by atoms with Crippen molar-refractivity contribution in [2.45, 2.75) is 58.7 Å². The Labute approximate surface area is 247 Å². The number of methoxy groups -OCH3 is 1. The summed E-state index contributed by atoms with van der Waals surface area (Å²) in [6, 6.07) is 5.45. The first-order chi connectivity index (χ1) is 20.3. The van der Waals surface area contributed by atoms with E-state index in [1.54, 1.807) is 26.0 Å². The number of halogens is 4. The van der Waals surface area contributed by atoms with Crippen LogP contribution < -0.4 is 9.64 Å². The van der Waals surface area contributed by atoms with Crippen LogP contribution >= 0.6 is 0 Å². The van der Waals surface area contributed by atoms with Crippen molar-refractivity contribution in [3.05, 3.63) is 83.6 Å². The summed E-state index contributed by atoms with van der Waals surface area (Å²) in [7, 11) is 1.11. The highest BCUT2D eigenvalue weighted by molar-refractivity contribution is 6.04. The summed E-state index contributed by atoms with van der Waals surface area (Å²) in [5, 5.41) is 0. The lowest BCUT2D eigenvalue weighted by Crippen LogP contribution is -2.43. The molecule has 0 unspecified atom stereocenters. The van der Waals surface area contributed by atoms with Crippen LogP contribution in [0, 0.1) is 17.7 Å². The van der Waals surface area contributed by atoms with Gasteiger partial charge in [-0.15, -0.1) is 0 Å². The molecule has 2 aromatic heterocycles. The standard InChI is InChI=1S/C32H33F4N3O4/c1-18(2)39(30(40)21-10-8-19(3)9-11-21)27-15-26(33)28(14-24(27)31(41)42-5)43-29-25(32(34,35)36)13-23(17-38-29)20(4)22-7-6-12-37-16-22/h6-7,12-19,21H,4,8-11H2,1-3,5H3/t19-,21-. The number of rotatable bonds is 8. The van der Waals surface area contributed by atoms with Crippen molar-refractivity contribution in [1.82, 2.24) is 9.97 Å². The van der Waals surface area contributed by atoms with Gasteiger partial charge in [0.1, 0.15) is 5.56 Å². The van der Waals surface area contributed by atoms with E-state index in [-0.39, 0.29) is 34.2 Å². The molecule has 3 aromatic rings. The minimum atomic E-state index is -4.92. The Hall–Kier alpha value is -4.28. The quantitative estimate of drug-likeness (QED) is 0.194. The minimum Gasteiger partial charge on any atom is -0.465 e. The molecule has 4 rings (SSSR count). The van der Waals surface area contributed by atoms with E-state index in [1.165, 1.54) is 17.3 Å². The van der Waals surface area contributed by atoms with Gasteiger partial charge in [0, 0.05) is 53.8 Å². The number of amides is 1. The molecule has 0 N–H and O–H groups in total. The number of ether oxygens (including phenoxy) is 2. The van der Waals surface area contributed by atoms with Gasteiger partial charge in [0.15, 0.2) is 11.6 Å². The summed E-state index contributed by atoms with van der Waals surface area (Å²) >= 11 is 0. The number of hydrogen-bond donors (Lipinski definition) is 0. The summed E-state index contributed by atoms with van der Waals surface area (Å²) < 4.78 is 68.2. The van der Waals surface area contributed by atoms with Gasteiger partial charge < -0.3 is 14.4 Å². The van der Waals surface area contributed by atoms with Gasteiger partial charge in [-0.3, -0.25) is 9.78 Å². The minimum absolute atomic E-state index is 0.0533. The third kappa shape index (κ3) is 7.03. The van der Waals surface area contributed by atoms with Gasteiger partial charge in [-0.2, -0.15) is 13.2 Å². The molecule has 0 bridgehead atoms. The largest absolute Gasteiger partial charge is 0.465 e. The van der Waals surface area contributed by atoms with Crippen molar-refractivity contribution in [1.29, 1.82) is 0 Å². The average molecular weight is 600 g/mol. The average Bonchev–Trinajstić information content (AvgIpc) is 2.98. The fraction of sp³-hybridized carbons (Fsp3) is 0.375. The lowest BCUT2D eigenvalue weighted by molar-refractivity contribution is -0.139. The highest BCUT2D eigenvalue weighted by atomic mass is 19.4. The summed E-state index contributed by atoms with van der Waals surface area (Å²) in [4.78, 5) is 35.6. The van der Waals surface area contributed by atoms with Crippen LogP contribution in [0.5, 0.6) is 11.6 Å². The van der Waals surface area contributed by atoms with E-state index < -0.39 is 41.2 Å². The molecule has 0 radical (unpaired) electrons. The fourth-order valence-electron chi connectivity index (χ4n) is 5.16. The zero-order valence-electron chi connectivity index (χ0n) is 24.4. The van der Waals surface area contributed by atoms with Crippen LogP contribution in [0.25, 0.3) is 5.57 Å². The molecule has 1 amide bonds. The lowest BCUT2D eigenvalue weighted by atomic mass is 9.82. The van der Waals surface area contributed by atoms with Crippen LogP contribution in [-0.4, -0.2) is 35.0 Å². The first kappa shape index (κ1) is 31.7. The van der Waals surface area contributed by atoms with E-state index in [4.69, 9.17) is 9.47 Å². The summed E-state index contributed by atoms with van der Waals surface area (Å²) in [5.41, 5.74) is -0.775. The molecule has 0 saturated heterocycles.